The topological polar surface area (TPSA) is 104 Å². The van der Waals surface area contributed by atoms with Crippen LogP contribution in [0, 0.1) is 5.82 Å². The van der Waals surface area contributed by atoms with Crippen molar-refractivity contribution in [2.24, 2.45) is 7.05 Å². The minimum Gasteiger partial charge on any atom is -0.366 e. The number of rotatable bonds is 9. The smallest absolute Gasteiger partial charge is 0.307 e. The Bertz CT molecular complexity index is 2040. The van der Waals surface area contributed by atoms with Crippen molar-refractivity contribution < 1.29 is 12.8 Å². The van der Waals surface area contributed by atoms with Gasteiger partial charge in [0.05, 0.1) is 20.6 Å². The molecule has 0 bridgehead atoms. The highest BCUT2D eigenvalue weighted by molar-refractivity contribution is 7.89. The first-order chi connectivity index (χ1) is 21.5. The molecule has 1 aliphatic rings. The van der Waals surface area contributed by atoms with E-state index in [1.165, 1.54) is 14.9 Å². The van der Waals surface area contributed by atoms with Gasteiger partial charge in [0.2, 0.25) is 10.0 Å². The van der Waals surface area contributed by atoms with E-state index in [-0.39, 0.29) is 21.6 Å². The number of aromatic nitrogens is 3. The quantitative estimate of drug-likeness (QED) is 0.253. The van der Waals surface area contributed by atoms with E-state index >= 15 is 0 Å². The number of nitrogens with zero attached hydrogens (tertiary/aromatic N) is 6. The van der Waals surface area contributed by atoms with Crippen LogP contribution in [0.4, 0.5) is 10.2 Å². The molecule has 3 aromatic carbocycles. The highest BCUT2D eigenvalue weighted by atomic mass is 32.2. The zero-order chi connectivity index (χ0) is 31.9. The molecule has 5 aromatic rings. The van der Waals surface area contributed by atoms with Crippen LogP contribution in [0.5, 0.6) is 0 Å². The number of fused-ring (bicyclic) bond motifs is 2. The molecule has 1 fully saturated rings. The molecule has 3 heterocycles. The van der Waals surface area contributed by atoms with Crippen molar-refractivity contribution in [2.75, 3.05) is 52.1 Å². The lowest BCUT2D eigenvalue weighted by atomic mass is 9.99. The maximum Gasteiger partial charge on any atom is 0.307 e. The molecule has 0 unspecified atom stereocenters. The first-order valence-corrected chi connectivity index (χ1v) is 17.0. The van der Waals surface area contributed by atoms with E-state index in [1.807, 2.05) is 43.3 Å². The van der Waals surface area contributed by atoms with Gasteiger partial charge < -0.3 is 14.8 Å². The Balaban J connectivity index is 1.12. The maximum absolute atomic E-state index is 14.5. The Morgan fingerprint density at radius 3 is 2.58 bits per heavy atom. The Morgan fingerprint density at radius 1 is 1.04 bits per heavy atom. The molecule has 45 heavy (non-hydrogen) atoms. The van der Waals surface area contributed by atoms with Gasteiger partial charge in [-0.2, -0.15) is 4.31 Å². The molecule has 1 N–H and O–H groups in total. The summed E-state index contributed by atoms with van der Waals surface area (Å²) in [6, 6.07) is 16.0. The van der Waals surface area contributed by atoms with Gasteiger partial charge in [0.1, 0.15) is 18.0 Å². The molecule has 6 rings (SSSR count). The van der Waals surface area contributed by atoms with Crippen LogP contribution in [0.25, 0.3) is 32.2 Å². The lowest BCUT2D eigenvalue weighted by Gasteiger charge is -2.35. The molecule has 0 aliphatic carbocycles. The van der Waals surface area contributed by atoms with Crippen molar-refractivity contribution in [3.63, 3.8) is 0 Å². The predicted octanol–water partition coefficient (Wildman–Crippen LogP) is 4.22. The van der Waals surface area contributed by atoms with E-state index < -0.39 is 10.0 Å². The van der Waals surface area contributed by atoms with E-state index in [2.05, 4.69) is 27.1 Å². The van der Waals surface area contributed by atoms with Gasteiger partial charge in [-0.1, -0.05) is 29.5 Å². The minimum atomic E-state index is -3.67. The van der Waals surface area contributed by atoms with E-state index in [1.54, 1.807) is 37.6 Å². The summed E-state index contributed by atoms with van der Waals surface area (Å²) >= 11 is 1.05. The normalized spacial score (nSPS) is 15.7. The molecule has 10 nitrogen and oxygen atoms in total. The first-order valence-electron chi connectivity index (χ1n) is 14.8. The lowest BCUT2D eigenvalue weighted by Crippen LogP contribution is -2.50. The number of sulfonamides is 1. The van der Waals surface area contributed by atoms with Crippen LogP contribution in [-0.2, 0) is 23.6 Å². The molecule has 13 heteroatoms. The predicted molar refractivity (Wildman–Crippen MR) is 178 cm³/mol. The number of benzene rings is 3. The Hall–Kier alpha value is -3.75. The van der Waals surface area contributed by atoms with E-state index in [4.69, 9.17) is 0 Å². The van der Waals surface area contributed by atoms with Gasteiger partial charge in [0.25, 0.3) is 0 Å². The van der Waals surface area contributed by atoms with Crippen molar-refractivity contribution in [3.05, 3.63) is 82.0 Å². The Labute approximate surface area is 265 Å². The third-order valence-corrected chi connectivity index (χ3v) is 11.0. The summed E-state index contributed by atoms with van der Waals surface area (Å²) in [5.74, 6) is 0.481. The fourth-order valence-corrected chi connectivity index (χ4v) is 8.32. The highest BCUT2D eigenvalue weighted by Gasteiger charge is 2.29. The standard InChI is InChI=1S/C32H36FN7O3S2/c1-21(18-39-12-14-40(15-13-39)45(42,43)24-9-11-28-29(17-24)44-32(41)38(28)4)36-31-26-7-5-6-25(30(26)34-20-35-31)22-8-10-27(33)23(16-22)19-37(2)3/h5-11,16-17,20-21H,12-15,18-19H2,1-4H3,(H,34,35,36)/t21-/m0/s1. The Kier molecular flexibility index (Phi) is 8.72. The lowest BCUT2D eigenvalue weighted by molar-refractivity contribution is 0.184. The summed E-state index contributed by atoms with van der Waals surface area (Å²) in [6.07, 6.45) is 1.54. The van der Waals surface area contributed by atoms with E-state index in [9.17, 15) is 17.6 Å². The number of piperazine rings is 1. The number of thiazole rings is 1. The summed E-state index contributed by atoms with van der Waals surface area (Å²) < 4.78 is 45.0. The second-order valence-electron chi connectivity index (χ2n) is 11.8. The number of para-hydroxylation sites is 1. The average Bonchev–Trinajstić information content (AvgIpc) is 3.30. The second-order valence-corrected chi connectivity index (χ2v) is 14.7. The molecule has 236 valence electrons. The highest BCUT2D eigenvalue weighted by Crippen LogP contribution is 2.31. The summed E-state index contributed by atoms with van der Waals surface area (Å²) in [7, 11) is 1.84. The van der Waals surface area contributed by atoms with Crippen molar-refractivity contribution in [2.45, 2.75) is 24.4 Å². The van der Waals surface area contributed by atoms with E-state index in [0.29, 0.717) is 55.3 Å². The molecule has 0 saturated carbocycles. The van der Waals surface area contributed by atoms with Gasteiger partial charge in [0.15, 0.2) is 0 Å². The van der Waals surface area contributed by atoms with Crippen LogP contribution >= 0.6 is 11.3 Å². The van der Waals surface area contributed by atoms with Crippen molar-refractivity contribution >= 4 is 48.3 Å². The van der Waals surface area contributed by atoms with Gasteiger partial charge in [-0.3, -0.25) is 9.69 Å². The molecule has 1 saturated heterocycles. The van der Waals surface area contributed by atoms with Crippen molar-refractivity contribution in [3.8, 4) is 11.1 Å². The SMILES string of the molecule is C[C@@H](CN1CCN(S(=O)(=O)c2ccc3c(c2)sc(=O)n3C)CC1)Nc1ncnc2c(-c3ccc(F)c(CN(C)C)c3)cccc12. The Morgan fingerprint density at radius 2 is 1.82 bits per heavy atom. The van der Waals surface area contributed by atoms with Gasteiger partial charge >= 0.3 is 4.87 Å². The third-order valence-electron chi connectivity index (χ3n) is 8.16. The van der Waals surface area contributed by atoms with Crippen LogP contribution < -0.4 is 10.2 Å². The molecule has 2 aromatic heterocycles. The number of aryl methyl sites for hydroxylation is 1. The number of anilines is 1. The summed E-state index contributed by atoms with van der Waals surface area (Å²) in [5, 5.41) is 4.40. The largest absolute Gasteiger partial charge is 0.366 e. The monoisotopic (exact) mass is 649 g/mol. The molecule has 1 aliphatic heterocycles. The second kappa shape index (κ2) is 12.6. The zero-order valence-electron chi connectivity index (χ0n) is 25.7. The molecule has 0 radical (unpaired) electrons. The number of halogens is 1. The van der Waals surface area contributed by atoms with Gasteiger partial charge in [-0.15, -0.1) is 0 Å². The molecule has 0 amide bonds. The van der Waals surface area contributed by atoms with Gasteiger partial charge in [0, 0.05) is 68.9 Å². The fourth-order valence-electron chi connectivity index (χ4n) is 5.88. The van der Waals surface area contributed by atoms with Gasteiger partial charge in [-0.25, -0.2) is 22.8 Å². The number of hydrogen-bond acceptors (Lipinski definition) is 9. The third kappa shape index (κ3) is 6.36. The molecule has 0 spiro atoms. The first kappa shape index (κ1) is 31.2. The molecular formula is C32H36FN7O3S2. The molecule has 1 atom stereocenters. The average molecular weight is 650 g/mol. The summed E-state index contributed by atoms with van der Waals surface area (Å²) in [4.78, 5) is 25.4. The van der Waals surface area contributed by atoms with Crippen LogP contribution in [0.3, 0.4) is 0 Å². The van der Waals surface area contributed by atoms with Crippen molar-refractivity contribution in [1.29, 1.82) is 0 Å². The number of nitrogens with one attached hydrogen (secondary N) is 1. The van der Waals surface area contributed by atoms with E-state index in [0.717, 1.165) is 38.9 Å². The van der Waals surface area contributed by atoms with Crippen LogP contribution in [0.2, 0.25) is 0 Å². The fraction of sp³-hybridized carbons (Fsp3) is 0.344. The van der Waals surface area contributed by atoms with Crippen LogP contribution in [-0.4, -0.2) is 89.9 Å². The van der Waals surface area contributed by atoms with Crippen LogP contribution in [0.15, 0.2) is 70.6 Å². The van der Waals surface area contributed by atoms with Crippen LogP contribution in [0.1, 0.15) is 12.5 Å². The minimum absolute atomic E-state index is 0.0238. The summed E-state index contributed by atoms with van der Waals surface area (Å²) in [5.41, 5.74) is 3.93. The summed E-state index contributed by atoms with van der Waals surface area (Å²) in [6.45, 7) is 5.24. The van der Waals surface area contributed by atoms with Crippen molar-refractivity contribution in [1.82, 2.24) is 28.6 Å². The van der Waals surface area contributed by atoms with Gasteiger partial charge in [-0.05, 0) is 63.0 Å². The molecular weight excluding hydrogens is 614 g/mol. The number of hydrogen-bond donors (Lipinski definition) is 1. The zero-order valence-corrected chi connectivity index (χ0v) is 27.3. The maximum atomic E-state index is 14.5.